The highest BCUT2D eigenvalue weighted by Gasteiger charge is 2.20. The molecule has 1 amide bonds. The van der Waals surface area contributed by atoms with Crippen LogP contribution in [0, 0.1) is 5.92 Å². The number of carboxylic acids is 1. The van der Waals surface area contributed by atoms with Crippen molar-refractivity contribution in [3.05, 3.63) is 29.8 Å². The second-order valence-electron chi connectivity index (χ2n) is 5.76. The lowest BCUT2D eigenvalue weighted by Gasteiger charge is -2.14. The zero-order valence-electron chi connectivity index (χ0n) is 12.7. The Balaban J connectivity index is 1.88. The summed E-state index contributed by atoms with van der Waals surface area (Å²) in [5.41, 5.74) is 1.84. The van der Waals surface area contributed by atoms with Gasteiger partial charge in [0, 0.05) is 17.4 Å². The van der Waals surface area contributed by atoms with Gasteiger partial charge in [-0.15, -0.1) is 11.8 Å². The first-order chi connectivity index (χ1) is 10.6. The number of thioether (sulfide) groups is 1. The van der Waals surface area contributed by atoms with Crippen LogP contribution in [-0.2, 0) is 15.3 Å². The van der Waals surface area contributed by atoms with E-state index < -0.39 is 5.97 Å². The molecule has 2 N–H and O–H groups in total. The molecule has 0 saturated heterocycles. The molecule has 0 bridgehead atoms. The summed E-state index contributed by atoms with van der Waals surface area (Å²) in [6.45, 7) is 0. The van der Waals surface area contributed by atoms with Crippen molar-refractivity contribution in [2.24, 2.45) is 5.92 Å². The Labute approximate surface area is 135 Å². The van der Waals surface area contributed by atoms with Gasteiger partial charge in [-0.25, -0.2) is 0 Å². The molecule has 0 aliphatic heterocycles. The molecular formula is C17H23NO3S. The van der Waals surface area contributed by atoms with Crippen molar-refractivity contribution in [1.82, 2.24) is 0 Å². The fraction of sp³-hybridized carbons (Fsp3) is 0.529. The maximum Gasteiger partial charge on any atom is 0.313 e. The van der Waals surface area contributed by atoms with Gasteiger partial charge < -0.3 is 10.4 Å². The molecule has 0 radical (unpaired) electrons. The lowest BCUT2D eigenvalue weighted by atomic mass is 9.99. The summed E-state index contributed by atoms with van der Waals surface area (Å²) in [7, 11) is 0. The first-order valence-electron chi connectivity index (χ1n) is 7.84. The Morgan fingerprint density at radius 1 is 1.18 bits per heavy atom. The van der Waals surface area contributed by atoms with Crippen molar-refractivity contribution >= 4 is 29.3 Å². The lowest BCUT2D eigenvalue weighted by molar-refractivity contribution is -0.133. The molecule has 1 aliphatic carbocycles. The third-order valence-corrected chi connectivity index (χ3v) is 4.90. The third kappa shape index (κ3) is 5.72. The van der Waals surface area contributed by atoms with E-state index in [1.807, 2.05) is 24.3 Å². The maximum absolute atomic E-state index is 12.3. The van der Waals surface area contributed by atoms with Crippen LogP contribution in [0.2, 0.25) is 0 Å². The topological polar surface area (TPSA) is 66.4 Å². The smallest absolute Gasteiger partial charge is 0.313 e. The van der Waals surface area contributed by atoms with Gasteiger partial charge in [-0.2, -0.15) is 0 Å². The van der Waals surface area contributed by atoms with Crippen molar-refractivity contribution in [3.8, 4) is 0 Å². The van der Waals surface area contributed by atoms with Gasteiger partial charge in [-0.1, -0.05) is 37.8 Å². The summed E-state index contributed by atoms with van der Waals surface area (Å²) >= 11 is 1.36. The highest BCUT2D eigenvalue weighted by molar-refractivity contribution is 7.99. The van der Waals surface area contributed by atoms with E-state index in [2.05, 4.69) is 5.32 Å². The van der Waals surface area contributed by atoms with E-state index in [4.69, 9.17) is 5.11 Å². The highest BCUT2D eigenvalue weighted by atomic mass is 32.2. The molecule has 4 nitrogen and oxygen atoms in total. The number of hydrogen-bond donors (Lipinski definition) is 2. The molecule has 5 heteroatoms. The first-order valence-corrected chi connectivity index (χ1v) is 9.00. The van der Waals surface area contributed by atoms with Crippen LogP contribution in [0.3, 0.4) is 0 Å². The SMILES string of the molecule is O=C(O)CSCc1cccc(NC(=O)C2CCCCCC2)c1. The lowest BCUT2D eigenvalue weighted by Crippen LogP contribution is -2.22. The van der Waals surface area contributed by atoms with E-state index in [-0.39, 0.29) is 17.6 Å². The number of carbonyl (C=O) groups excluding carboxylic acids is 1. The predicted molar refractivity (Wildman–Crippen MR) is 90.1 cm³/mol. The zero-order valence-corrected chi connectivity index (χ0v) is 13.5. The number of carbonyl (C=O) groups is 2. The van der Waals surface area contributed by atoms with Crippen LogP contribution in [0.25, 0.3) is 0 Å². The van der Waals surface area contributed by atoms with Gasteiger partial charge in [0.15, 0.2) is 0 Å². The van der Waals surface area contributed by atoms with Crippen molar-refractivity contribution in [2.45, 2.75) is 44.3 Å². The third-order valence-electron chi connectivity index (χ3n) is 3.91. The molecule has 0 heterocycles. The molecule has 0 aromatic heterocycles. The Kier molecular flexibility index (Phi) is 6.77. The minimum absolute atomic E-state index is 0.0959. The fourth-order valence-corrected chi connectivity index (χ4v) is 3.47. The van der Waals surface area contributed by atoms with Gasteiger partial charge >= 0.3 is 5.97 Å². The molecule has 1 aromatic carbocycles. The minimum Gasteiger partial charge on any atom is -0.481 e. The van der Waals surface area contributed by atoms with E-state index in [0.717, 1.165) is 36.9 Å². The summed E-state index contributed by atoms with van der Waals surface area (Å²) in [5, 5.41) is 11.7. The molecule has 120 valence electrons. The number of rotatable bonds is 6. The van der Waals surface area contributed by atoms with Gasteiger partial charge in [0.2, 0.25) is 5.91 Å². The Morgan fingerprint density at radius 3 is 2.59 bits per heavy atom. The molecule has 1 aromatic rings. The summed E-state index contributed by atoms with van der Waals surface area (Å²) in [6.07, 6.45) is 6.73. The molecule has 1 aliphatic rings. The first kappa shape index (κ1) is 16.9. The fourth-order valence-electron chi connectivity index (χ4n) is 2.78. The van der Waals surface area contributed by atoms with Gasteiger partial charge in [0.25, 0.3) is 0 Å². The van der Waals surface area contributed by atoms with E-state index in [9.17, 15) is 9.59 Å². The highest BCUT2D eigenvalue weighted by Crippen LogP contribution is 2.24. The van der Waals surface area contributed by atoms with Crippen LogP contribution >= 0.6 is 11.8 Å². The summed E-state index contributed by atoms with van der Waals surface area (Å²) < 4.78 is 0. The van der Waals surface area contributed by atoms with Crippen LogP contribution in [0.15, 0.2) is 24.3 Å². The average Bonchev–Trinajstić information content (AvgIpc) is 2.76. The second kappa shape index (κ2) is 8.83. The zero-order chi connectivity index (χ0) is 15.8. The number of carboxylic acid groups (broad SMARTS) is 1. The monoisotopic (exact) mass is 321 g/mol. The van der Waals surface area contributed by atoms with Crippen LogP contribution in [0.1, 0.15) is 44.1 Å². The van der Waals surface area contributed by atoms with Crippen LogP contribution in [0.5, 0.6) is 0 Å². The maximum atomic E-state index is 12.3. The molecule has 0 atom stereocenters. The summed E-state index contributed by atoms with van der Waals surface area (Å²) in [5.74, 6) is 0.186. The number of anilines is 1. The molecule has 2 rings (SSSR count). The number of hydrogen-bond acceptors (Lipinski definition) is 3. The largest absolute Gasteiger partial charge is 0.481 e. The van der Waals surface area contributed by atoms with Gasteiger partial charge in [0.05, 0.1) is 5.75 Å². The number of nitrogens with one attached hydrogen (secondary N) is 1. The summed E-state index contributed by atoms with van der Waals surface area (Å²) in [6, 6.07) is 7.68. The van der Waals surface area contributed by atoms with Crippen molar-refractivity contribution in [2.75, 3.05) is 11.1 Å². The molecule has 1 saturated carbocycles. The minimum atomic E-state index is -0.803. The van der Waals surface area contributed by atoms with Crippen LogP contribution in [0.4, 0.5) is 5.69 Å². The van der Waals surface area contributed by atoms with Gasteiger partial charge in [-0.3, -0.25) is 9.59 Å². The van der Waals surface area contributed by atoms with E-state index in [1.54, 1.807) is 0 Å². The average molecular weight is 321 g/mol. The Bertz CT molecular complexity index is 510. The van der Waals surface area contributed by atoms with Crippen molar-refractivity contribution in [3.63, 3.8) is 0 Å². The molecule has 22 heavy (non-hydrogen) atoms. The Hall–Kier alpha value is -1.49. The number of aliphatic carboxylic acids is 1. The van der Waals surface area contributed by atoms with Crippen molar-refractivity contribution < 1.29 is 14.7 Å². The summed E-state index contributed by atoms with van der Waals surface area (Å²) in [4.78, 5) is 22.9. The molecule has 0 spiro atoms. The Morgan fingerprint density at radius 2 is 1.91 bits per heavy atom. The molecule has 0 unspecified atom stereocenters. The molecule has 1 fully saturated rings. The van der Waals surface area contributed by atoms with Crippen LogP contribution < -0.4 is 5.32 Å². The number of amides is 1. The standard InChI is InChI=1S/C17H23NO3S/c19-16(20)12-22-11-13-6-5-9-15(10-13)18-17(21)14-7-3-1-2-4-8-14/h5-6,9-10,14H,1-4,7-8,11-12H2,(H,18,21)(H,19,20). The van der Waals surface area contributed by atoms with Gasteiger partial charge in [0.1, 0.15) is 0 Å². The van der Waals surface area contributed by atoms with Crippen molar-refractivity contribution in [1.29, 1.82) is 0 Å². The normalized spacial score (nSPS) is 16.0. The van der Waals surface area contributed by atoms with E-state index in [1.165, 1.54) is 24.6 Å². The van der Waals surface area contributed by atoms with Crippen LogP contribution in [-0.4, -0.2) is 22.7 Å². The predicted octanol–water partition coefficient (Wildman–Crippen LogP) is 3.91. The van der Waals surface area contributed by atoms with E-state index >= 15 is 0 Å². The second-order valence-corrected chi connectivity index (χ2v) is 6.75. The number of benzene rings is 1. The quantitative estimate of drug-likeness (QED) is 0.780. The van der Waals surface area contributed by atoms with E-state index in [0.29, 0.717) is 5.75 Å². The van der Waals surface area contributed by atoms with Gasteiger partial charge in [-0.05, 0) is 30.5 Å². The molecular weight excluding hydrogens is 298 g/mol.